The highest BCUT2D eigenvalue weighted by Gasteiger charge is 2.19. The van der Waals surface area contributed by atoms with Crippen LogP contribution in [0.1, 0.15) is 41.8 Å². The summed E-state index contributed by atoms with van der Waals surface area (Å²) in [6.07, 6.45) is 1.41. The molecule has 0 saturated heterocycles. The number of rotatable bonds is 7. The Hall–Kier alpha value is -2.13. The summed E-state index contributed by atoms with van der Waals surface area (Å²) in [6, 6.07) is 17.9. The van der Waals surface area contributed by atoms with E-state index in [-0.39, 0.29) is 17.9 Å². The first-order chi connectivity index (χ1) is 11.0. The van der Waals surface area contributed by atoms with Crippen LogP contribution in [-0.4, -0.2) is 24.2 Å². The predicted molar refractivity (Wildman–Crippen MR) is 93.5 cm³/mol. The van der Waals surface area contributed by atoms with Crippen LogP contribution in [0.25, 0.3) is 0 Å². The minimum atomic E-state index is -0.112. The SMILES string of the molecule is CC(C)(CCO)CNC(=O)c1ccccc1Cc1ccccc1. The molecule has 0 spiro atoms. The lowest BCUT2D eigenvalue weighted by molar-refractivity contribution is 0.0927. The van der Waals surface area contributed by atoms with Crippen LogP contribution in [0, 0.1) is 5.41 Å². The van der Waals surface area contributed by atoms with E-state index in [4.69, 9.17) is 5.11 Å². The third kappa shape index (κ3) is 5.22. The third-order valence-corrected chi connectivity index (χ3v) is 4.02. The minimum absolute atomic E-state index is 0.0532. The summed E-state index contributed by atoms with van der Waals surface area (Å²) < 4.78 is 0. The fraction of sp³-hybridized carbons (Fsp3) is 0.350. The molecular weight excluding hydrogens is 286 g/mol. The number of hydrogen-bond donors (Lipinski definition) is 2. The van der Waals surface area contributed by atoms with Crippen molar-refractivity contribution in [2.75, 3.05) is 13.2 Å². The zero-order chi connectivity index (χ0) is 16.7. The van der Waals surface area contributed by atoms with Crippen LogP contribution >= 0.6 is 0 Å². The Labute approximate surface area is 138 Å². The molecule has 0 aliphatic rings. The fourth-order valence-corrected chi connectivity index (χ4v) is 2.52. The molecule has 23 heavy (non-hydrogen) atoms. The van der Waals surface area contributed by atoms with Gasteiger partial charge in [0.25, 0.3) is 5.91 Å². The van der Waals surface area contributed by atoms with Gasteiger partial charge in [-0.3, -0.25) is 4.79 Å². The topological polar surface area (TPSA) is 49.3 Å². The summed E-state index contributed by atoms with van der Waals surface area (Å²) in [5, 5.41) is 12.1. The summed E-state index contributed by atoms with van der Waals surface area (Å²) in [6.45, 7) is 4.76. The summed E-state index contributed by atoms with van der Waals surface area (Å²) in [5.41, 5.74) is 2.82. The van der Waals surface area contributed by atoms with Crippen molar-refractivity contribution >= 4 is 5.91 Å². The maximum Gasteiger partial charge on any atom is 0.251 e. The molecule has 0 saturated carbocycles. The Morgan fingerprint density at radius 3 is 2.39 bits per heavy atom. The van der Waals surface area contributed by atoms with Gasteiger partial charge in [0.15, 0.2) is 0 Å². The van der Waals surface area contributed by atoms with Gasteiger partial charge < -0.3 is 10.4 Å². The van der Waals surface area contributed by atoms with E-state index in [9.17, 15) is 4.79 Å². The molecule has 0 aliphatic heterocycles. The molecule has 3 heteroatoms. The van der Waals surface area contributed by atoms with Crippen LogP contribution in [0.3, 0.4) is 0 Å². The molecule has 0 fully saturated rings. The molecule has 0 heterocycles. The Morgan fingerprint density at radius 2 is 1.70 bits per heavy atom. The smallest absolute Gasteiger partial charge is 0.251 e. The second kappa shape index (κ2) is 7.93. The number of benzene rings is 2. The fourth-order valence-electron chi connectivity index (χ4n) is 2.52. The monoisotopic (exact) mass is 311 g/mol. The molecule has 2 aromatic carbocycles. The highest BCUT2D eigenvalue weighted by atomic mass is 16.3. The van der Waals surface area contributed by atoms with Gasteiger partial charge in [0, 0.05) is 18.7 Å². The lowest BCUT2D eigenvalue weighted by atomic mass is 9.89. The molecule has 0 atom stereocenters. The van der Waals surface area contributed by atoms with Gasteiger partial charge in [-0.1, -0.05) is 62.4 Å². The number of carbonyl (C=O) groups excluding carboxylic acids is 1. The van der Waals surface area contributed by atoms with Crippen molar-refractivity contribution in [1.29, 1.82) is 0 Å². The normalized spacial score (nSPS) is 11.3. The molecule has 0 bridgehead atoms. The standard InChI is InChI=1S/C20H25NO2/c1-20(2,12-13-22)15-21-19(23)18-11-7-6-10-17(18)14-16-8-4-3-5-9-16/h3-11,22H,12-15H2,1-2H3,(H,21,23). The van der Waals surface area contributed by atoms with E-state index in [1.807, 2.05) is 56.3 Å². The van der Waals surface area contributed by atoms with Crippen molar-refractivity contribution in [3.05, 3.63) is 71.3 Å². The van der Waals surface area contributed by atoms with Gasteiger partial charge in [-0.25, -0.2) is 0 Å². The average molecular weight is 311 g/mol. The van der Waals surface area contributed by atoms with E-state index in [1.54, 1.807) is 0 Å². The highest BCUT2D eigenvalue weighted by Crippen LogP contribution is 2.19. The largest absolute Gasteiger partial charge is 0.396 e. The van der Waals surface area contributed by atoms with Crippen LogP contribution in [-0.2, 0) is 6.42 Å². The molecule has 122 valence electrons. The maximum absolute atomic E-state index is 12.5. The van der Waals surface area contributed by atoms with E-state index in [1.165, 1.54) is 5.56 Å². The number of aliphatic hydroxyl groups is 1. The lowest BCUT2D eigenvalue weighted by Crippen LogP contribution is -2.35. The molecular formula is C20H25NO2. The average Bonchev–Trinajstić information content (AvgIpc) is 2.54. The number of carbonyl (C=O) groups is 1. The Kier molecular flexibility index (Phi) is 5.94. The number of aliphatic hydroxyl groups excluding tert-OH is 1. The minimum Gasteiger partial charge on any atom is -0.396 e. The Morgan fingerprint density at radius 1 is 1.04 bits per heavy atom. The van der Waals surface area contributed by atoms with Gasteiger partial charge in [0.2, 0.25) is 0 Å². The molecule has 3 nitrogen and oxygen atoms in total. The summed E-state index contributed by atoms with van der Waals surface area (Å²) in [7, 11) is 0. The zero-order valence-corrected chi connectivity index (χ0v) is 13.9. The van der Waals surface area contributed by atoms with E-state index in [0.717, 1.165) is 17.5 Å². The molecule has 2 aromatic rings. The van der Waals surface area contributed by atoms with Crippen molar-refractivity contribution in [3.8, 4) is 0 Å². The molecule has 0 aliphatic carbocycles. The van der Waals surface area contributed by atoms with Gasteiger partial charge in [0.1, 0.15) is 0 Å². The molecule has 0 radical (unpaired) electrons. The zero-order valence-electron chi connectivity index (χ0n) is 13.9. The highest BCUT2D eigenvalue weighted by molar-refractivity contribution is 5.95. The molecule has 1 amide bonds. The van der Waals surface area contributed by atoms with Gasteiger partial charge in [-0.2, -0.15) is 0 Å². The first-order valence-electron chi connectivity index (χ1n) is 8.03. The predicted octanol–water partition coefficient (Wildman–Crippen LogP) is 3.42. The third-order valence-electron chi connectivity index (χ3n) is 4.02. The number of nitrogens with one attached hydrogen (secondary N) is 1. The van der Waals surface area contributed by atoms with Crippen molar-refractivity contribution in [2.45, 2.75) is 26.7 Å². The van der Waals surface area contributed by atoms with Crippen molar-refractivity contribution < 1.29 is 9.90 Å². The first-order valence-corrected chi connectivity index (χ1v) is 8.03. The molecule has 0 unspecified atom stereocenters. The number of amides is 1. The number of hydrogen-bond acceptors (Lipinski definition) is 2. The van der Waals surface area contributed by atoms with E-state index in [0.29, 0.717) is 13.0 Å². The molecule has 2 rings (SSSR count). The van der Waals surface area contributed by atoms with Gasteiger partial charge >= 0.3 is 0 Å². The van der Waals surface area contributed by atoms with Crippen LogP contribution in [0.15, 0.2) is 54.6 Å². The summed E-state index contributed by atoms with van der Waals surface area (Å²) in [4.78, 5) is 12.5. The van der Waals surface area contributed by atoms with Gasteiger partial charge in [-0.15, -0.1) is 0 Å². The second-order valence-corrected chi connectivity index (χ2v) is 6.64. The molecule has 2 N–H and O–H groups in total. The van der Waals surface area contributed by atoms with Gasteiger partial charge in [-0.05, 0) is 35.4 Å². The van der Waals surface area contributed by atoms with Crippen LogP contribution < -0.4 is 5.32 Å². The maximum atomic E-state index is 12.5. The Balaban J connectivity index is 2.09. The Bertz CT molecular complexity index is 635. The van der Waals surface area contributed by atoms with Crippen LogP contribution in [0.2, 0.25) is 0 Å². The van der Waals surface area contributed by atoms with E-state index < -0.39 is 0 Å². The lowest BCUT2D eigenvalue weighted by Gasteiger charge is -2.24. The van der Waals surface area contributed by atoms with Crippen molar-refractivity contribution in [1.82, 2.24) is 5.32 Å². The van der Waals surface area contributed by atoms with E-state index >= 15 is 0 Å². The quantitative estimate of drug-likeness (QED) is 0.823. The summed E-state index contributed by atoms with van der Waals surface area (Å²) in [5.74, 6) is -0.0532. The van der Waals surface area contributed by atoms with Crippen LogP contribution in [0.4, 0.5) is 0 Å². The van der Waals surface area contributed by atoms with Gasteiger partial charge in [0.05, 0.1) is 0 Å². The van der Waals surface area contributed by atoms with Crippen molar-refractivity contribution in [2.24, 2.45) is 5.41 Å². The summed E-state index contributed by atoms with van der Waals surface area (Å²) >= 11 is 0. The van der Waals surface area contributed by atoms with Crippen LogP contribution in [0.5, 0.6) is 0 Å². The van der Waals surface area contributed by atoms with E-state index in [2.05, 4.69) is 17.4 Å². The molecule has 0 aromatic heterocycles. The first kappa shape index (κ1) is 17.2. The second-order valence-electron chi connectivity index (χ2n) is 6.64. The van der Waals surface area contributed by atoms with Crippen molar-refractivity contribution in [3.63, 3.8) is 0 Å².